The zero-order valence-electron chi connectivity index (χ0n) is 9.52. The molecule has 76 valence electrons. The third kappa shape index (κ3) is 8.08. The molecular formula is C11H22OSi. The van der Waals surface area contributed by atoms with Crippen LogP contribution in [-0.4, -0.2) is 19.3 Å². The largest absolute Gasteiger partial charge is 0.393 e. The van der Waals surface area contributed by atoms with E-state index >= 15 is 0 Å². The van der Waals surface area contributed by atoms with Crippen molar-refractivity contribution in [3.05, 3.63) is 0 Å². The molecule has 1 atom stereocenters. The Morgan fingerprint density at radius 3 is 2.15 bits per heavy atom. The molecule has 0 saturated carbocycles. The second kappa shape index (κ2) is 5.46. The van der Waals surface area contributed by atoms with E-state index in [2.05, 4.69) is 31.1 Å². The molecule has 2 heteroatoms. The molecular weight excluding hydrogens is 176 g/mol. The Bertz CT molecular complexity index is 192. The van der Waals surface area contributed by atoms with E-state index in [9.17, 15) is 5.11 Å². The standard InChI is InChI=1S/C11H22OSi/c1-10(2)11(12)8-6-7-9-13(3,4)5/h10-12H,6,8H2,1-5H3. The Kier molecular flexibility index (Phi) is 5.35. The highest BCUT2D eigenvalue weighted by Crippen LogP contribution is 2.07. The minimum Gasteiger partial charge on any atom is -0.393 e. The normalized spacial score (nSPS) is 13.8. The highest BCUT2D eigenvalue weighted by atomic mass is 28.3. The number of aliphatic hydroxyl groups is 1. The van der Waals surface area contributed by atoms with E-state index in [0.29, 0.717) is 5.92 Å². The Morgan fingerprint density at radius 2 is 1.77 bits per heavy atom. The predicted molar refractivity (Wildman–Crippen MR) is 61.2 cm³/mol. The SMILES string of the molecule is CC(C)C(O)CCC#C[Si](C)(C)C. The van der Waals surface area contributed by atoms with Gasteiger partial charge in [0, 0.05) is 6.42 Å². The summed E-state index contributed by atoms with van der Waals surface area (Å²) in [6.45, 7) is 10.8. The lowest BCUT2D eigenvalue weighted by atomic mass is 10.0. The molecule has 0 spiro atoms. The summed E-state index contributed by atoms with van der Waals surface area (Å²) in [4.78, 5) is 0. The van der Waals surface area contributed by atoms with Crippen molar-refractivity contribution in [3.63, 3.8) is 0 Å². The minimum atomic E-state index is -1.20. The third-order valence-electron chi connectivity index (χ3n) is 1.80. The molecule has 0 aromatic heterocycles. The molecule has 1 nitrogen and oxygen atoms in total. The molecule has 0 fully saturated rings. The van der Waals surface area contributed by atoms with Gasteiger partial charge in [-0.05, 0) is 12.3 Å². The molecule has 0 aliphatic carbocycles. The number of rotatable bonds is 3. The summed E-state index contributed by atoms with van der Waals surface area (Å²) < 4.78 is 0. The van der Waals surface area contributed by atoms with Crippen molar-refractivity contribution in [2.75, 3.05) is 0 Å². The molecule has 0 aromatic carbocycles. The summed E-state index contributed by atoms with van der Waals surface area (Å²) in [5.41, 5.74) is 3.29. The van der Waals surface area contributed by atoms with Crippen molar-refractivity contribution >= 4 is 8.07 Å². The van der Waals surface area contributed by atoms with Crippen LogP contribution < -0.4 is 0 Å². The van der Waals surface area contributed by atoms with Gasteiger partial charge in [0.15, 0.2) is 0 Å². The highest BCUT2D eigenvalue weighted by molar-refractivity contribution is 6.83. The first-order chi connectivity index (χ1) is 5.83. The first-order valence-corrected chi connectivity index (χ1v) is 8.51. The van der Waals surface area contributed by atoms with Gasteiger partial charge in [-0.3, -0.25) is 0 Å². The van der Waals surface area contributed by atoms with E-state index < -0.39 is 8.07 Å². The topological polar surface area (TPSA) is 20.2 Å². The van der Waals surface area contributed by atoms with Gasteiger partial charge in [-0.25, -0.2) is 0 Å². The van der Waals surface area contributed by atoms with Crippen LogP contribution in [0.4, 0.5) is 0 Å². The van der Waals surface area contributed by atoms with Crippen LogP contribution in [0.2, 0.25) is 19.6 Å². The van der Waals surface area contributed by atoms with Gasteiger partial charge in [0.05, 0.1) is 6.10 Å². The quantitative estimate of drug-likeness (QED) is 0.546. The van der Waals surface area contributed by atoms with Gasteiger partial charge in [0.1, 0.15) is 8.07 Å². The molecule has 0 aliphatic heterocycles. The van der Waals surface area contributed by atoms with Gasteiger partial charge >= 0.3 is 0 Å². The Morgan fingerprint density at radius 1 is 1.23 bits per heavy atom. The van der Waals surface area contributed by atoms with Crippen molar-refractivity contribution in [1.82, 2.24) is 0 Å². The highest BCUT2D eigenvalue weighted by Gasteiger charge is 2.09. The molecule has 0 heterocycles. The third-order valence-corrected chi connectivity index (χ3v) is 2.72. The van der Waals surface area contributed by atoms with Crippen LogP contribution in [0.3, 0.4) is 0 Å². The monoisotopic (exact) mass is 198 g/mol. The number of hydrogen-bond donors (Lipinski definition) is 1. The van der Waals surface area contributed by atoms with Crippen LogP contribution in [-0.2, 0) is 0 Å². The fourth-order valence-corrected chi connectivity index (χ4v) is 1.54. The number of aliphatic hydroxyl groups excluding tert-OH is 1. The molecule has 0 aliphatic rings. The minimum absolute atomic E-state index is 0.184. The molecule has 0 saturated heterocycles. The summed E-state index contributed by atoms with van der Waals surface area (Å²) in [6, 6.07) is 0. The summed E-state index contributed by atoms with van der Waals surface area (Å²) in [6.07, 6.45) is 1.47. The van der Waals surface area contributed by atoms with Gasteiger partial charge in [-0.2, -0.15) is 0 Å². The lowest BCUT2D eigenvalue weighted by Crippen LogP contribution is -2.17. The van der Waals surface area contributed by atoms with E-state index in [1.54, 1.807) is 0 Å². The second-order valence-corrected chi connectivity index (χ2v) is 9.65. The van der Waals surface area contributed by atoms with Gasteiger partial charge < -0.3 is 5.11 Å². The smallest absolute Gasteiger partial charge is 0.129 e. The maximum atomic E-state index is 9.50. The first kappa shape index (κ1) is 12.7. The number of hydrogen-bond acceptors (Lipinski definition) is 1. The maximum Gasteiger partial charge on any atom is 0.129 e. The van der Waals surface area contributed by atoms with Crippen molar-refractivity contribution in [2.45, 2.75) is 52.4 Å². The van der Waals surface area contributed by atoms with Crippen LogP contribution in [0.5, 0.6) is 0 Å². The van der Waals surface area contributed by atoms with Crippen LogP contribution >= 0.6 is 0 Å². The van der Waals surface area contributed by atoms with Crippen molar-refractivity contribution < 1.29 is 5.11 Å². The Balaban J connectivity index is 3.72. The summed E-state index contributed by atoms with van der Waals surface area (Å²) >= 11 is 0. The van der Waals surface area contributed by atoms with Crippen molar-refractivity contribution in [3.8, 4) is 11.5 Å². The lowest BCUT2D eigenvalue weighted by molar-refractivity contribution is 0.118. The molecule has 1 N–H and O–H groups in total. The molecule has 1 unspecified atom stereocenters. The summed E-state index contributed by atoms with van der Waals surface area (Å²) in [7, 11) is -1.20. The Labute approximate surface area is 83.6 Å². The molecule has 0 radical (unpaired) electrons. The van der Waals surface area contributed by atoms with Crippen LogP contribution in [0.15, 0.2) is 0 Å². The molecule has 0 amide bonds. The summed E-state index contributed by atoms with van der Waals surface area (Å²) in [5, 5.41) is 9.50. The van der Waals surface area contributed by atoms with Gasteiger partial charge in [0.2, 0.25) is 0 Å². The van der Waals surface area contributed by atoms with Gasteiger partial charge in [-0.1, -0.05) is 33.5 Å². The molecule has 13 heavy (non-hydrogen) atoms. The average Bonchev–Trinajstić information content (AvgIpc) is 1.95. The van der Waals surface area contributed by atoms with E-state index in [1.165, 1.54) is 0 Å². The predicted octanol–water partition coefficient (Wildman–Crippen LogP) is 2.66. The van der Waals surface area contributed by atoms with Gasteiger partial charge in [-0.15, -0.1) is 11.5 Å². The van der Waals surface area contributed by atoms with E-state index in [0.717, 1.165) is 12.8 Å². The zero-order valence-corrected chi connectivity index (χ0v) is 10.5. The van der Waals surface area contributed by atoms with E-state index in [4.69, 9.17) is 0 Å². The van der Waals surface area contributed by atoms with Crippen LogP contribution in [0, 0.1) is 17.4 Å². The Hall–Kier alpha value is -0.263. The molecule has 0 bridgehead atoms. The maximum absolute atomic E-state index is 9.50. The summed E-state index contributed by atoms with van der Waals surface area (Å²) in [5.74, 6) is 3.52. The lowest BCUT2D eigenvalue weighted by Gasteiger charge is -2.12. The fourth-order valence-electron chi connectivity index (χ4n) is 0.881. The van der Waals surface area contributed by atoms with E-state index in [1.807, 2.05) is 13.8 Å². The molecule has 0 aromatic rings. The first-order valence-electron chi connectivity index (χ1n) is 5.01. The van der Waals surface area contributed by atoms with Crippen molar-refractivity contribution in [2.24, 2.45) is 5.92 Å². The van der Waals surface area contributed by atoms with Crippen LogP contribution in [0.1, 0.15) is 26.7 Å². The zero-order chi connectivity index (χ0) is 10.5. The fraction of sp³-hybridized carbons (Fsp3) is 0.818. The molecule has 0 rings (SSSR count). The second-order valence-electron chi connectivity index (χ2n) is 4.90. The average molecular weight is 198 g/mol. The van der Waals surface area contributed by atoms with Gasteiger partial charge in [0.25, 0.3) is 0 Å². The van der Waals surface area contributed by atoms with Crippen molar-refractivity contribution in [1.29, 1.82) is 0 Å². The van der Waals surface area contributed by atoms with E-state index in [-0.39, 0.29) is 6.10 Å². The van der Waals surface area contributed by atoms with Crippen LogP contribution in [0.25, 0.3) is 0 Å².